The van der Waals surface area contributed by atoms with Crippen molar-refractivity contribution in [3.05, 3.63) is 38.9 Å². The molecule has 1 aliphatic rings. The average molecular weight is 297 g/mol. The standard InChI is InChI=1S/C15H21ClN2O2/c16-14-8-7-13(15(10-14)18(19)20)11-17-9-3-6-12-4-1-2-5-12/h7-8,10,12,17H,1-6,9,11H2. The monoisotopic (exact) mass is 296 g/mol. The lowest BCUT2D eigenvalue weighted by molar-refractivity contribution is -0.385. The number of hydrogen-bond donors (Lipinski definition) is 1. The van der Waals surface area contributed by atoms with E-state index in [0.717, 1.165) is 18.9 Å². The van der Waals surface area contributed by atoms with Crippen molar-refractivity contribution in [3.8, 4) is 0 Å². The molecule has 0 spiro atoms. The fourth-order valence-corrected chi connectivity index (χ4v) is 3.06. The third-order valence-electron chi connectivity index (χ3n) is 4.00. The Morgan fingerprint density at radius 3 is 2.80 bits per heavy atom. The van der Waals surface area contributed by atoms with Crippen LogP contribution in [0.3, 0.4) is 0 Å². The van der Waals surface area contributed by atoms with E-state index in [1.54, 1.807) is 12.1 Å². The molecule has 1 fully saturated rings. The highest BCUT2D eigenvalue weighted by molar-refractivity contribution is 6.30. The van der Waals surface area contributed by atoms with Crippen LogP contribution in [0.2, 0.25) is 5.02 Å². The first-order valence-corrected chi connectivity index (χ1v) is 7.68. The molecule has 110 valence electrons. The molecule has 4 nitrogen and oxygen atoms in total. The molecule has 1 aliphatic carbocycles. The second-order valence-corrected chi connectivity index (χ2v) is 5.94. The van der Waals surface area contributed by atoms with E-state index in [9.17, 15) is 10.1 Å². The minimum absolute atomic E-state index is 0.0980. The molecule has 0 atom stereocenters. The highest BCUT2D eigenvalue weighted by Gasteiger charge is 2.15. The van der Waals surface area contributed by atoms with Crippen LogP contribution in [-0.2, 0) is 6.54 Å². The van der Waals surface area contributed by atoms with Gasteiger partial charge in [-0.2, -0.15) is 0 Å². The third-order valence-corrected chi connectivity index (χ3v) is 4.24. The van der Waals surface area contributed by atoms with Crippen LogP contribution in [-0.4, -0.2) is 11.5 Å². The Morgan fingerprint density at radius 1 is 1.35 bits per heavy atom. The van der Waals surface area contributed by atoms with Crippen LogP contribution in [0.5, 0.6) is 0 Å². The number of hydrogen-bond acceptors (Lipinski definition) is 3. The molecular formula is C15H21ClN2O2. The maximum atomic E-state index is 11.0. The van der Waals surface area contributed by atoms with E-state index in [0.29, 0.717) is 17.1 Å². The maximum Gasteiger partial charge on any atom is 0.275 e. The minimum Gasteiger partial charge on any atom is -0.312 e. The topological polar surface area (TPSA) is 55.2 Å². The van der Waals surface area contributed by atoms with Crippen LogP contribution in [0.1, 0.15) is 44.1 Å². The quantitative estimate of drug-likeness (QED) is 0.463. The Morgan fingerprint density at radius 2 is 2.10 bits per heavy atom. The van der Waals surface area contributed by atoms with E-state index < -0.39 is 0 Å². The van der Waals surface area contributed by atoms with Gasteiger partial charge in [0.1, 0.15) is 0 Å². The first-order valence-electron chi connectivity index (χ1n) is 7.30. The smallest absolute Gasteiger partial charge is 0.275 e. The molecule has 20 heavy (non-hydrogen) atoms. The Kier molecular flexibility index (Phi) is 5.80. The third kappa shape index (κ3) is 4.46. The summed E-state index contributed by atoms with van der Waals surface area (Å²) in [4.78, 5) is 10.6. The van der Waals surface area contributed by atoms with E-state index in [1.165, 1.54) is 38.2 Å². The summed E-state index contributed by atoms with van der Waals surface area (Å²) >= 11 is 5.79. The molecule has 1 aromatic carbocycles. The zero-order valence-corrected chi connectivity index (χ0v) is 12.4. The summed E-state index contributed by atoms with van der Waals surface area (Å²) in [7, 11) is 0. The van der Waals surface area contributed by atoms with Gasteiger partial charge in [-0.05, 0) is 37.4 Å². The lowest BCUT2D eigenvalue weighted by Crippen LogP contribution is -2.16. The first kappa shape index (κ1) is 15.3. The number of halogens is 1. The molecular weight excluding hydrogens is 276 g/mol. The van der Waals surface area contributed by atoms with Crippen molar-refractivity contribution < 1.29 is 4.92 Å². The molecule has 0 unspecified atom stereocenters. The summed E-state index contributed by atoms with van der Waals surface area (Å²) in [6, 6.07) is 4.84. The fourth-order valence-electron chi connectivity index (χ4n) is 2.89. The van der Waals surface area contributed by atoms with Crippen molar-refractivity contribution in [2.24, 2.45) is 5.92 Å². The Hall–Kier alpha value is -1.13. The normalized spacial score (nSPS) is 15.7. The van der Waals surface area contributed by atoms with Crippen molar-refractivity contribution in [1.29, 1.82) is 0 Å². The summed E-state index contributed by atoms with van der Waals surface area (Å²) in [6.07, 6.45) is 7.94. The molecule has 0 heterocycles. The van der Waals surface area contributed by atoms with Gasteiger partial charge in [-0.25, -0.2) is 0 Å². The number of rotatable bonds is 7. The summed E-state index contributed by atoms with van der Waals surface area (Å²) < 4.78 is 0. The van der Waals surface area contributed by atoms with Gasteiger partial charge in [0.05, 0.1) is 4.92 Å². The van der Waals surface area contributed by atoms with Gasteiger partial charge in [0, 0.05) is 23.2 Å². The zero-order chi connectivity index (χ0) is 14.4. The lowest BCUT2D eigenvalue weighted by atomic mass is 10.0. The Balaban J connectivity index is 1.74. The molecule has 0 radical (unpaired) electrons. The molecule has 1 N–H and O–H groups in total. The fraction of sp³-hybridized carbons (Fsp3) is 0.600. The number of nitrogens with zero attached hydrogens (tertiary/aromatic N) is 1. The van der Waals surface area contributed by atoms with Gasteiger partial charge in [0.2, 0.25) is 0 Å². The first-order chi connectivity index (χ1) is 9.66. The highest BCUT2D eigenvalue weighted by Crippen LogP contribution is 2.28. The van der Waals surface area contributed by atoms with E-state index in [-0.39, 0.29) is 10.6 Å². The number of benzene rings is 1. The molecule has 0 saturated heterocycles. The summed E-state index contributed by atoms with van der Waals surface area (Å²) in [5, 5.41) is 14.7. The second-order valence-electron chi connectivity index (χ2n) is 5.50. The van der Waals surface area contributed by atoms with Crippen LogP contribution >= 0.6 is 11.6 Å². The van der Waals surface area contributed by atoms with Gasteiger partial charge in [-0.15, -0.1) is 0 Å². The number of nitro benzene ring substituents is 1. The van der Waals surface area contributed by atoms with Crippen LogP contribution in [0.25, 0.3) is 0 Å². The van der Waals surface area contributed by atoms with Crippen LogP contribution in [0.4, 0.5) is 5.69 Å². The molecule has 1 saturated carbocycles. The summed E-state index contributed by atoms with van der Waals surface area (Å²) in [6.45, 7) is 1.44. The molecule has 5 heteroatoms. The van der Waals surface area contributed by atoms with E-state index in [1.807, 2.05) is 0 Å². The predicted octanol–water partition coefficient (Wildman–Crippen LogP) is 4.31. The van der Waals surface area contributed by atoms with E-state index in [4.69, 9.17) is 11.6 Å². The second kappa shape index (κ2) is 7.60. The summed E-state index contributed by atoms with van der Waals surface area (Å²) in [5.74, 6) is 0.904. The SMILES string of the molecule is O=[N+]([O-])c1cc(Cl)ccc1CNCCCC1CCCC1. The van der Waals surface area contributed by atoms with Gasteiger partial charge >= 0.3 is 0 Å². The zero-order valence-electron chi connectivity index (χ0n) is 11.6. The van der Waals surface area contributed by atoms with Gasteiger partial charge in [0.25, 0.3) is 5.69 Å². The van der Waals surface area contributed by atoms with Crippen LogP contribution in [0.15, 0.2) is 18.2 Å². The summed E-state index contributed by atoms with van der Waals surface area (Å²) in [5.41, 5.74) is 0.793. The molecule has 0 aromatic heterocycles. The highest BCUT2D eigenvalue weighted by atomic mass is 35.5. The van der Waals surface area contributed by atoms with E-state index in [2.05, 4.69) is 5.32 Å². The predicted molar refractivity (Wildman–Crippen MR) is 81.0 cm³/mol. The van der Waals surface area contributed by atoms with Crippen LogP contribution in [0, 0.1) is 16.0 Å². The maximum absolute atomic E-state index is 11.0. The van der Waals surface area contributed by atoms with Gasteiger partial charge in [-0.3, -0.25) is 10.1 Å². The Bertz CT molecular complexity index is 459. The molecule has 0 bridgehead atoms. The van der Waals surface area contributed by atoms with Crippen molar-refractivity contribution >= 4 is 17.3 Å². The largest absolute Gasteiger partial charge is 0.312 e. The molecule has 0 amide bonds. The van der Waals surface area contributed by atoms with Gasteiger partial charge in [-0.1, -0.05) is 37.3 Å². The molecule has 0 aliphatic heterocycles. The van der Waals surface area contributed by atoms with Gasteiger partial charge in [0.15, 0.2) is 0 Å². The van der Waals surface area contributed by atoms with E-state index >= 15 is 0 Å². The van der Waals surface area contributed by atoms with Crippen LogP contribution < -0.4 is 5.32 Å². The number of nitrogens with one attached hydrogen (secondary N) is 1. The average Bonchev–Trinajstić information content (AvgIpc) is 2.92. The van der Waals surface area contributed by atoms with Crippen molar-refractivity contribution in [3.63, 3.8) is 0 Å². The van der Waals surface area contributed by atoms with Gasteiger partial charge < -0.3 is 5.32 Å². The number of nitro groups is 1. The molecule has 1 aromatic rings. The minimum atomic E-state index is -0.374. The van der Waals surface area contributed by atoms with Crippen molar-refractivity contribution in [2.75, 3.05) is 6.54 Å². The lowest BCUT2D eigenvalue weighted by Gasteiger charge is -2.09. The van der Waals surface area contributed by atoms with Crippen molar-refractivity contribution in [2.45, 2.75) is 45.1 Å². The Labute approximate surface area is 124 Å². The molecule has 2 rings (SSSR count). The van der Waals surface area contributed by atoms with Crippen molar-refractivity contribution in [1.82, 2.24) is 5.32 Å².